The van der Waals surface area contributed by atoms with E-state index < -0.39 is 0 Å². The SMILES string of the molecule is CCc1cc(O)cc(CC)c1O. The van der Waals surface area contributed by atoms with Gasteiger partial charge >= 0.3 is 0 Å². The molecule has 0 bridgehead atoms. The van der Waals surface area contributed by atoms with E-state index in [-0.39, 0.29) is 5.75 Å². The molecule has 0 unspecified atom stereocenters. The van der Waals surface area contributed by atoms with Crippen LogP contribution in [0.5, 0.6) is 11.5 Å². The first kappa shape index (κ1) is 8.91. The van der Waals surface area contributed by atoms with Crippen molar-refractivity contribution in [2.24, 2.45) is 0 Å². The van der Waals surface area contributed by atoms with Crippen LogP contribution in [0.15, 0.2) is 12.1 Å². The maximum atomic E-state index is 9.60. The van der Waals surface area contributed by atoms with Gasteiger partial charge in [-0.05, 0) is 36.1 Å². The van der Waals surface area contributed by atoms with Crippen molar-refractivity contribution < 1.29 is 10.2 Å². The van der Waals surface area contributed by atoms with Gasteiger partial charge in [-0.15, -0.1) is 0 Å². The lowest BCUT2D eigenvalue weighted by Gasteiger charge is -2.07. The summed E-state index contributed by atoms with van der Waals surface area (Å²) in [6.07, 6.45) is 1.49. The van der Waals surface area contributed by atoms with Crippen molar-refractivity contribution in [3.63, 3.8) is 0 Å². The topological polar surface area (TPSA) is 40.5 Å². The van der Waals surface area contributed by atoms with Crippen LogP contribution in [0.25, 0.3) is 0 Å². The molecule has 0 saturated heterocycles. The predicted octanol–water partition coefficient (Wildman–Crippen LogP) is 2.22. The molecule has 0 aliphatic heterocycles. The molecule has 66 valence electrons. The number of rotatable bonds is 2. The fraction of sp³-hybridized carbons (Fsp3) is 0.400. The first-order valence-corrected chi connectivity index (χ1v) is 4.22. The molecule has 1 aromatic carbocycles. The van der Waals surface area contributed by atoms with Gasteiger partial charge in [0, 0.05) is 0 Å². The average Bonchev–Trinajstić information content (AvgIpc) is 2.08. The second kappa shape index (κ2) is 3.48. The van der Waals surface area contributed by atoms with Gasteiger partial charge in [0.25, 0.3) is 0 Å². The summed E-state index contributed by atoms with van der Waals surface area (Å²) < 4.78 is 0. The summed E-state index contributed by atoms with van der Waals surface area (Å²) in [5, 5.41) is 18.9. The summed E-state index contributed by atoms with van der Waals surface area (Å²) >= 11 is 0. The summed E-state index contributed by atoms with van der Waals surface area (Å²) in [7, 11) is 0. The van der Waals surface area contributed by atoms with Crippen molar-refractivity contribution in [3.8, 4) is 11.5 Å². The van der Waals surface area contributed by atoms with Crippen LogP contribution in [-0.4, -0.2) is 10.2 Å². The van der Waals surface area contributed by atoms with E-state index in [9.17, 15) is 10.2 Å². The second-order valence-electron chi connectivity index (χ2n) is 2.82. The summed E-state index contributed by atoms with van der Waals surface area (Å²) in [6.45, 7) is 3.90. The van der Waals surface area contributed by atoms with E-state index in [1.54, 1.807) is 12.1 Å². The van der Waals surface area contributed by atoms with Crippen molar-refractivity contribution in [2.75, 3.05) is 0 Å². The molecule has 2 heteroatoms. The third-order valence-corrected chi connectivity index (χ3v) is 2.01. The fourth-order valence-corrected chi connectivity index (χ4v) is 1.28. The number of hydrogen-bond acceptors (Lipinski definition) is 2. The zero-order valence-corrected chi connectivity index (χ0v) is 7.46. The minimum absolute atomic E-state index is 0.238. The minimum Gasteiger partial charge on any atom is -0.508 e. The first-order chi connectivity index (χ1) is 5.69. The maximum Gasteiger partial charge on any atom is 0.122 e. The molecule has 0 saturated carbocycles. The van der Waals surface area contributed by atoms with Gasteiger partial charge in [-0.1, -0.05) is 13.8 Å². The van der Waals surface area contributed by atoms with Crippen LogP contribution >= 0.6 is 0 Å². The van der Waals surface area contributed by atoms with Gasteiger partial charge in [-0.3, -0.25) is 0 Å². The third-order valence-electron chi connectivity index (χ3n) is 2.01. The molecule has 2 N–H and O–H groups in total. The Labute approximate surface area is 72.5 Å². The van der Waals surface area contributed by atoms with Gasteiger partial charge in [-0.25, -0.2) is 0 Å². The summed E-state index contributed by atoms with van der Waals surface area (Å²) in [6, 6.07) is 3.21. The molecule has 0 aliphatic rings. The van der Waals surface area contributed by atoms with Crippen LogP contribution in [0.3, 0.4) is 0 Å². The highest BCUT2D eigenvalue weighted by molar-refractivity contribution is 5.45. The Morgan fingerprint density at radius 3 is 1.75 bits per heavy atom. The molecule has 12 heavy (non-hydrogen) atoms. The van der Waals surface area contributed by atoms with E-state index in [0.717, 1.165) is 24.0 Å². The lowest BCUT2D eigenvalue weighted by atomic mass is 10.0. The standard InChI is InChI=1S/C10H14O2/c1-3-7-5-9(11)6-8(4-2)10(7)12/h5-6,11-12H,3-4H2,1-2H3. The van der Waals surface area contributed by atoms with E-state index in [1.165, 1.54) is 0 Å². The van der Waals surface area contributed by atoms with Gasteiger partial charge in [0.05, 0.1) is 0 Å². The molecule has 1 rings (SSSR count). The van der Waals surface area contributed by atoms with Crippen LogP contribution in [0.1, 0.15) is 25.0 Å². The number of phenols is 2. The Morgan fingerprint density at radius 1 is 1.00 bits per heavy atom. The predicted molar refractivity (Wildman–Crippen MR) is 48.5 cm³/mol. The Hall–Kier alpha value is -1.18. The van der Waals surface area contributed by atoms with E-state index in [0.29, 0.717) is 5.75 Å². The van der Waals surface area contributed by atoms with E-state index in [2.05, 4.69) is 0 Å². The highest BCUT2D eigenvalue weighted by Gasteiger charge is 2.05. The Bertz CT molecular complexity index is 254. The molecule has 0 aromatic heterocycles. The van der Waals surface area contributed by atoms with E-state index in [1.807, 2.05) is 13.8 Å². The molecular weight excluding hydrogens is 152 g/mol. The number of hydrogen-bond donors (Lipinski definition) is 2. The molecule has 1 aromatic rings. The van der Waals surface area contributed by atoms with Gasteiger partial charge < -0.3 is 10.2 Å². The molecule has 0 amide bonds. The van der Waals surface area contributed by atoms with Gasteiger partial charge in [0.1, 0.15) is 11.5 Å². The lowest BCUT2D eigenvalue weighted by Crippen LogP contribution is -1.88. The van der Waals surface area contributed by atoms with Crippen molar-refractivity contribution >= 4 is 0 Å². The molecule has 0 fully saturated rings. The highest BCUT2D eigenvalue weighted by Crippen LogP contribution is 2.28. The van der Waals surface area contributed by atoms with Crippen LogP contribution in [0.4, 0.5) is 0 Å². The van der Waals surface area contributed by atoms with Crippen LogP contribution in [0.2, 0.25) is 0 Å². The van der Waals surface area contributed by atoms with E-state index >= 15 is 0 Å². The van der Waals surface area contributed by atoms with Crippen LogP contribution < -0.4 is 0 Å². The molecule has 0 radical (unpaired) electrons. The monoisotopic (exact) mass is 166 g/mol. The fourth-order valence-electron chi connectivity index (χ4n) is 1.28. The Morgan fingerprint density at radius 2 is 1.42 bits per heavy atom. The second-order valence-corrected chi connectivity index (χ2v) is 2.82. The highest BCUT2D eigenvalue weighted by atomic mass is 16.3. The lowest BCUT2D eigenvalue weighted by molar-refractivity contribution is 0.449. The van der Waals surface area contributed by atoms with Crippen LogP contribution in [0, 0.1) is 0 Å². The molecule has 0 spiro atoms. The smallest absolute Gasteiger partial charge is 0.122 e. The van der Waals surface area contributed by atoms with Crippen molar-refractivity contribution in [1.82, 2.24) is 0 Å². The van der Waals surface area contributed by atoms with E-state index in [4.69, 9.17) is 0 Å². The Balaban J connectivity index is 3.22. The molecule has 2 nitrogen and oxygen atoms in total. The summed E-state index contributed by atoms with van der Waals surface area (Å²) in [5.41, 5.74) is 1.62. The van der Waals surface area contributed by atoms with Crippen molar-refractivity contribution in [3.05, 3.63) is 23.3 Å². The molecular formula is C10H14O2. The van der Waals surface area contributed by atoms with Crippen LogP contribution in [-0.2, 0) is 12.8 Å². The summed E-state index contributed by atoms with van der Waals surface area (Å²) in [4.78, 5) is 0. The Kier molecular flexibility index (Phi) is 2.58. The zero-order chi connectivity index (χ0) is 9.14. The number of benzene rings is 1. The zero-order valence-electron chi connectivity index (χ0n) is 7.46. The van der Waals surface area contributed by atoms with Gasteiger partial charge in [0.15, 0.2) is 0 Å². The normalized spacial score (nSPS) is 10.2. The summed E-state index contributed by atoms with van der Waals surface area (Å²) in [5.74, 6) is 0.569. The quantitative estimate of drug-likeness (QED) is 0.661. The van der Waals surface area contributed by atoms with Gasteiger partial charge in [-0.2, -0.15) is 0 Å². The van der Waals surface area contributed by atoms with Gasteiger partial charge in [0.2, 0.25) is 0 Å². The minimum atomic E-state index is 0.238. The number of phenolic OH excluding ortho intramolecular Hbond substituents is 2. The van der Waals surface area contributed by atoms with Crippen molar-refractivity contribution in [1.29, 1.82) is 0 Å². The average molecular weight is 166 g/mol. The molecule has 0 aliphatic carbocycles. The maximum absolute atomic E-state index is 9.60. The number of aromatic hydroxyl groups is 2. The van der Waals surface area contributed by atoms with Crippen molar-refractivity contribution in [2.45, 2.75) is 26.7 Å². The molecule has 0 heterocycles. The first-order valence-electron chi connectivity index (χ1n) is 4.22. The largest absolute Gasteiger partial charge is 0.508 e. The third kappa shape index (κ3) is 1.52. The molecule has 0 atom stereocenters. The number of aryl methyl sites for hydroxylation is 2.